The van der Waals surface area contributed by atoms with E-state index >= 15 is 0 Å². The van der Waals surface area contributed by atoms with Crippen LogP contribution in [0.4, 0.5) is 16.3 Å². The molecule has 10 heteroatoms. The Morgan fingerprint density at radius 1 is 1.24 bits per heavy atom. The van der Waals surface area contributed by atoms with Gasteiger partial charge in [-0.3, -0.25) is 10.1 Å². The molecule has 1 aliphatic heterocycles. The van der Waals surface area contributed by atoms with Gasteiger partial charge in [0.2, 0.25) is 5.69 Å². The summed E-state index contributed by atoms with van der Waals surface area (Å²) in [7, 11) is 0. The van der Waals surface area contributed by atoms with Gasteiger partial charge in [-0.05, 0) is 61.6 Å². The summed E-state index contributed by atoms with van der Waals surface area (Å²) in [6.45, 7) is 3.39. The molecule has 1 atom stereocenters. The Kier molecular flexibility index (Phi) is 7.01. The van der Waals surface area contributed by atoms with Crippen LogP contribution in [-0.2, 0) is 9.53 Å². The number of amides is 1. The number of hydrogen-bond acceptors (Lipinski definition) is 8. The molecule has 10 nitrogen and oxygen atoms in total. The number of nitrogens with zero attached hydrogens (tertiary/aromatic N) is 4. The second-order valence-corrected chi connectivity index (χ2v) is 10.0. The molecule has 0 spiro atoms. The molecule has 1 amide bonds. The van der Waals surface area contributed by atoms with Crippen molar-refractivity contribution >= 4 is 23.6 Å². The van der Waals surface area contributed by atoms with Gasteiger partial charge in [0.1, 0.15) is 23.7 Å². The third kappa shape index (κ3) is 5.32. The van der Waals surface area contributed by atoms with E-state index in [1.54, 1.807) is 13.1 Å². The molecule has 1 aliphatic carbocycles. The smallest absolute Gasteiger partial charge is 0.412 e. The number of rotatable bonds is 8. The van der Waals surface area contributed by atoms with E-state index in [2.05, 4.69) is 20.4 Å². The standard InChI is InChI=1S/C28H29N5O5/c1-18(19-5-3-2-4-6-19)37-27(36)31-25-22(16-29)32-38-26(25)20-7-8-23(30-17-20)33-13-9-21(10-14-33)28(11-12-28)15-24(34)35/h2-8,17-18,21H,9-15H2,1H3,(H,31,36)(H,34,35). The van der Waals surface area contributed by atoms with Gasteiger partial charge in [-0.1, -0.05) is 35.5 Å². The van der Waals surface area contributed by atoms with E-state index in [0.29, 0.717) is 11.5 Å². The first-order valence-electron chi connectivity index (χ1n) is 12.7. The molecular weight excluding hydrogens is 486 g/mol. The predicted octanol–water partition coefficient (Wildman–Crippen LogP) is 5.39. The molecule has 1 unspecified atom stereocenters. The van der Waals surface area contributed by atoms with E-state index in [0.717, 1.165) is 50.2 Å². The Morgan fingerprint density at radius 2 is 1.97 bits per heavy atom. The lowest BCUT2D eigenvalue weighted by Gasteiger charge is -2.36. The molecule has 2 N–H and O–H groups in total. The molecule has 3 aromatic rings. The molecule has 5 rings (SSSR count). The van der Waals surface area contributed by atoms with Crippen molar-refractivity contribution in [3.8, 4) is 17.4 Å². The van der Waals surface area contributed by atoms with E-state index in [1.165, 1.54) is 0 Å². The largest absolute Gasteiger partial charge is 0.481 e. The highest BCUT2D eigenvalue weighted by Crippen LogP contribution is 2.57. The second kappa shape index (κ2) is 10.5. The summed E-state index contributed by atoms with van der Waals surface area (Å²) >= 11 is 0. The summed E-state index contributed by atoms with van der Waals surface area (Å²) in [5, 5.41) is 25.1. The zero-order valence-electron chi connectivity index (χ0n) is 21.1. The number of nitrogens with one attached hydrogen (secondary N) is 1. The molecule has 1 saturated carbocycles. The number of aliphatic carboxylic acids is 1. The minimum Gasteiger partial charge on any atom is -0.481 e. The van der Waals surface area contributed by atoms with Gasteiger partial charge in [0.05, 0.1) is 6.42 Å². The highest BCUT2D eigenvalue weighted by Gasteiger charge is 2.50. The Labute approximate surface area is 220 Å². The number of anilines is 2. The van der Waals surface area contributed by atoms with Crippen molar-refractivity contribution in [1.82, 2.24) is 10.1 Å². The van der Waals surface area contributed by atoms with Crippen molar-refractivity contribution in [2.24, 2.45) is 11.3 Å². The first-order chi connectivity index (χ1) is 18.4. The van der Waals surface area contributed by atoms with E-state index in [9.17, 15) is 20.0 Å². The van der Waals surface area contributed by atoms with Gasteiger partial charge in [0.25, 0.3) is 0 Å². The van der Waals surface area contributed by atoms with Crippen molar-refractivity contribution in [2.75, 3.05) is 23.3 Å². The first-order valence-corrected chi connectivity index (χ1v) is 12.7. The van der Waals surface area contributed by atoms with Crippen LogP contribution in [0.25, 0.3) is 11.3 Å². The van der Waals surface area contributed by atoms with Gasteiger partial charge < -0.3 is 19.3 Å². The summed E-state index contributed by atoms with van der Waals surface area (Å²) in [5.41, 5.74) is 1.45. The van der Waals surface area contributed by atoms with Crippen LogP contribution in [0.1, 0.15) is 56.4 Å². The summed E-state index contributed by atoms with van der Waals surface area (Å²) in [6, 6.07) is 14.9. The molecule has 0 radical (unpaired) electrons. The summed E-state index contributed by atoms with van der Waals surface area (Å²) in [5.74, 6) is 0.751. The highest BCUT2D eigenvalue weighted by molar-refractivity contribution is 5.91. The number of carbonyl (C=O) groups is 2. The molecule has 1 aromatic carbocycles. The number of carbonyl (C=O) groups excluding carboxylic acids is 1. The molecule has 2 aromatic heterocycles. The monoisotopic (exact) mass is 515 g/mol. The molecule has 38 heavy (non-hydrogen) atoms. The number of benzene rings is 1. The van der Waals surface area contributed by atoms with E-state index in [4.69, 9.17) is 9.26 Å². The number of hydrogen-bond donors (Lipinski definition) is 2. The van der Waals surface area contributed by atoms with Gasteiger partial charge in [-0.25, -0.2) is 9.78 Å². The number of carboxylic acids is 1. The Balaban J connectivity index is 1.24. The van der Waals surface area contributed by atoms with Crippen LogP contribution in [-0.4, -0.2) is 40.4 Å². The third-order valence-electron chi connectivity index (χ3n) is 7.67. The van der Waals surface area contributed by atoms with Crippen LogP contribution >= 0.6 is 0 Å². The normalized spacial score (nSPS) is 17.3. The number of nitriles is 1. The quantitative estimate of drug-likeness (QED) is 0.404. The van der Waals surface area contributed by atoms with Crippen molar-refractivity contribution in [2.45, 2.75) is 45.1 Å². The SMILES string of the molecule is CC(OC(=O)Nc1c(C#N)noc1-c1ccc(N2CCC(C3(CC(=O)O)CC3)CC2)nc1)c1ccccc1. The average molecular weight is 516 g/mol. The van der Waals surface area contributed by atoms with Crippen LogP contribution in [0, 0.1) is 22.7 Å². The summed E-state index contributed by atoms with van der Waals surface area (Å²) in [4.78, 5) is 30.6. The first kappa shape index (κ1) is 25.3. The summed E-state index contributed by atoms with van der Waals surface area (Å²) < 4.78 is 10.9. The predicted molar refractivity (Wildman–Crippen MR) is 138 cm³/mol. The van der Waals surface area contributed by atoms with Crippen molar-refractivity contribution in [3.05, 3.63) is 59.9 Å². The van der Waals surface area contributed by atoms with Crippen LogP contribution in [0.3, 0.4) is 0 Å². The minimum absolute atomic E-state index is 0.0105. The van der Waals surface area contributed by atoms with Crippen molar-refractivity contribution in [1.29, 1.82) is 5.26 Å². The molecule has 2 fully saturated rings. The molecule has 3 heterocycles. The van der Waals surface area contributed by atoms with Crippen LogP contribution in [0.15, 0.2) is 53.2 Å². The van der Waals surface area contributed by atoms with E-state index in [-0.39, 0.29) is 29.0 Å². The molecule has 196 valence electrons. The lowest BCUT2D eigenvalue weighted by Crippen LogP contribution is -2.37. The van der Waals surface area contributed by atoms with Crippen molar-refractivity contribution in [3.63, 3.8) is 0 Å². The van der Waals surface area contributed by atoms with Crippen LogP contribution < -0.4 is 10.2 Å². The number of piperidine rings is 1. The van der Waals surface area contributed by atoms with Crippen molar-refractivity contribution < 1.29 is 24.0 Å². The molecular formula is C28H29N5O5. The third-order valence-corrected chi connectivity index (χ3v) is 7.67. The van der Waals surface area contributed by atoms with E-state index in [1.807, 2.05) is 48.5 Å². The van der Waals surface area contributed by atoms with E-state index < -0.39 is 18.2 Å². The number of carboxylic acid groups (broad SMARTS) is 1. The molecule has 0 bridgehead atoms. The van der Waals surface area contributed by atoms with Crippen LogP contribution in [0.2, 0.25) is 0 Å². The van der Waals surface area contributed by atoms with Gasteiger partial charge in [0.15, 0.2) is 5.76 Å². The number of pyridine rings is 1. The Hall–Kier alpha value is -4.39. The number of ether oxygens (including phenoxy) is 1. The van der Waals surface area contributed by atoms with Gasteiger partial charge in [-0.2, -0.15) is 5.26 Å². The highest BCUT2D eigenvalue weighted by atomic mass is 16.6. The summed E-state index contributed by atoms with van der Waals surface area (Å²) in [6.07, 6.45) is 4.58. The van der Waals surface area contributed by atoms with Gasteiger partial charge >= 0.3 is 12.1 Å². The van der Waals surface area contributed by atoms with Gasteiger partial charge in [0, 0.05) is 24.8 Å². The maximum atomic E-state index is 12.6. The molecule has 1 saturated heterocycles. The van der Waals surface area contributed by atoms with Gasteiger partial charge in [-0.15, -0.1) is 0 Å². The maximum absolute atomic E-state index is 12.6. The fourth-order valence-corrected chi connectivity index (χ4v) is 5.38. The number of aromatic nitrogens is 2. The lowest BCUT2D eigenvalue weighted by atomic mass is 9.79. The molecule has 2 aliphatic rings. The average Bonchev–Trinajstić information content (AvgIpc) is 3.60. The zero-order valence-corrected chi connectivity index (χ0v) is 21.1. The lowest BCUT2D eigenvalue weighted by molar-refractivity contribution is -0.139. The van der Waals surface area contributed by atoms with Crippen LogP contribution in [0.5, 0.6) is 0 Å². The zero-order chi connectivity index (χ0) is 26.7. The fraction of sp³-hybridized carbons (Fsp3) is 0.393. The Bertz CT molecular complexity index is 1340. The minimum atomic E-state index is -0.730. The second-order valence-electron chi connectivity index (χ2n) is 10.0. The maximum Gasteiger partial charge on any atom is 0.412 e. The Morgan fingerprint density at radius 3 is 2.58 bits per heavy atom. The topological polar surface area (TPSA) is 142 Å². The fourth-order valence-electron chi connectivity index (χ4n) is 5.38.